The van der Waals surface area contributed by atoms with E-state index in [1.807, 2.05) is 31.2 Å². The van der Waals surface area contributed by atoms with Gasteiger partial charge in [-0.05, 0) is 31.0 Å². The second kappa shape index (κ2) is 4.66. The van der Waals surface area contributed by atoms with E-state index in [-0.39, 0.29) is 11.9 Å². The van der Waals surface area contributed by atoms with Crippen molar-refractivity contribution >= 4 is 29.1 Å². The SMILES string of the molecule is CC1C(=O)NN=C2CCC(c3ccc(Cl)cc3)=NN21. The zero-order valence-corrected chi connectivity index (χ0v) is 11.2. The molecule has 98 valence electrons. The number of hydrogen-bond acceptors (Lipinski definition) is 4. The van der Waals surface area contributed by atoms with E-state index < -0.39 is 0 Å². The van der Waals surface area contributed by atoms with Gasteiger partial charge in [-0.25, -0.2) is 10.4 Å². The topological polar surface area (TPSA) is 57.1 Å². The zero-order chi connectivity index (χ0) is 13.4. The minimum absolute atomic E-state index is 0.134. The fraction of sp³-hybridized carbons (Fsp3) is 0.308. The third-order valence-electron chi connectivity index (χ3n) is 3.30. The molecule has 2 aliphatic rings. The van der Waals surface area contributed by atoms with Gasteiger partial charge in [-0.15, -0.1) is 0 Å². The van der Waals surface area contributed by atoms with Gasteiger partial charge in [0.05, 0.1) is 5.71 Å². The summed E-state index contributed by atoms with van der Waals surface area (Å²) in [6, 6.07) is 7.25. The molecule has 1 amide bonds. The lowest BCUT2D eigenvalue weighted by Gasteiger charge is -2.33. The number of amidine groups is 1. The monoisotopic (exact) mass is 276 g/mol. The molecule has 0 radical (unpaired) electrons. The Kier molecular flexibility index (Phi) is 2.98. The molecule has 3 rings (SSSR count). The maximum Gasteiger partial charge on any atom is 0.264 e. The van der Waals surface area contributed by atoms with E-state index in [1.165, 1.54) is 0 Å². The number of nitrogens with zero attached hydrogens (tertiary/aromatic N) is 3. The molecule has 19 heavy (non-hydrogen) atoms. The largest absolute Gasteiger partial charge is 0.271 e. The summed E-state index contributed by atoms with van der Waals surface area (Å²) in [4.78, 5) is 11.6. The van der Waals surface area contributed by atoms with Crippen molar-refractivity contribution in [1.82, 2.24) is 10.4 Å². The number of rotatable bonds is 1. The second-order valence-electron chi connectivity index (χ2n) is 4.58. The predicted octanol–water partition coefficient (Wildman–Crippen LogP) is 1.97. The number of hydrogen-bond donors (Lipinski definition) is 1. The first-order valence-corrected chi connectivity index (χ1v) is 6.52. The Labute approximate surface area is 115 Å². The molecular formula is C13H13ClN4O. The normalized spacial score (nSPS) is 22.3. The lowest BCUT2D eigenvalue weighted by Crippen LogP contribution is -2.51. The van der Waals surface area contributed by atoms with Gasteiger partial charge in [0.25, 0.3) is 5.91 Å². The Morgan fingerprint density at radius 2 is 2.05 bits per heavy atom. The van der Waals surface area contributed by atoms with Gasteiger partial charge in [0, 0.05) is 11.4 Å². The number of amides is 1. The number of carbonyl (C=O) groups is 1. The quantitative estimate of drug-likeness (QED) is 0.853. The highest BCUT2D eigenvalue weighted by molar-refractivity contribution is 6.30. The molecule has 0 aliphatic carbocycles. The first-order valence-electron chi connectivity index (χ1n) is 6.14. The van der Waals surface area contributed by atoms with Gasteiger partial charge in [0.15, 0.2) is 0 Å². The molecule has 0 saturated carbocycles. The van der Waals surface area contributed by atoms with Gasteiger partial charge in [-0.3, -0.25) is 4.79 Å². The molecule has 1 N–H and O–H groups in total. The summed E-state index contributed by atoms with van der Waals surface area (Å²) in [6.45, 7) is 1.82. The molecule has 0 bridgehead atoms. The molecule has 2 aliphatic heterocycles. The predicted molar refractivity (Wildman–Crippen MR) is 74.1 cm³/mol. The van der Waals surface area contributed by atoms with Crippen molar-refractivity contribution in [3.8, 4) is 0 Å². The molecule has 0 saturated heterocycles. The van der Waals surface area contributed by atoms with Crippen LogP contribution in [0.4, 0.5) is 0 Å². The van der Waals surface area contributed by atoms with E-state index in [4.69, 9.17) is 11.6 Å². The third-order valence-corrected chi connectivity index (χ3v) is 3.55. The summed E-state index contributed by atoms with van der Waals surface area (Å²) in [6.07, 6.45) is 1.58. The van der Waals surface area contributed by atoms with Gasteiger partial charge in [0.2, 0.25) is 0 Å². The Morgan fingerprint density at radius 1 is 1.32 bits per heavy atom. The van der Waals surface area contributed by atoms with Crippen LogP contribution in [0.3, 0.4) is 0 Å². The summed E-state index contributed by atoms with van der Waals surface area (Å²) < 4.78 is 0. The van der Waals surface area contributed by atoms with Crippen molar-refractivity contribution in [2.45, 2.75) is 25.8 Å². The van der Waals surface area contributed by atoms with Crippen LogP contribution in [0.2, 0.25) is 5.02 Å². The van der Waals surface area contributed by atoms with E-state index in [0.717, 1.165) is 30.0 Å². The second-order valence-corrected chi connectivity index (χ2v) is 5.01. The molecule has 6 heteroatoms. The molecule has 0 fully saturated rings. The smallest absolute Gasteiger partial charge is 0.264 e. The fourth-order valence-electron chi connectivity index (χ4n) is 2.17. The summed E-state index contributed by atoms with van der Waals surface area (Å²) in [5.74, 6) is 0.676. The van der Waals surface area contributed by atoms with Crippen LogP contribution < -0.4 is 5.43 Å². The minimum atomic E-state index is -0.324. The number of halogens is 1. The average Bonchev–Trinajstić information content (AvgIpc) is 2.44. The number of nitrogens with one attached hydrogen (secondary N) is 1. The van der Waals surface area contributed by atoms with Crippen LogP contribution in [0.15, 0.2) is 34.5 Å². The number of fused-ring (bicyclic) bond motifs is 1. The standard InChI is InChI=1S/C13H13ClN4O/c1-8-13(19)16-15-12-7-6-11(17-18(8)12)9-2-4-10(14)5-3-9/h2-5,8H,6-7H2,1H3,(H,16,19). The molecule has 0 spiro atoms. The summed E-state index contributed by atoms with van der Waals surface area (Å²) in [7, 11) is 0. The first-order chi connectivity index (χ1) is 9.15. The Hall–Kier alpha value is -1.88. The van der Waals surface area contributed by atoms with Crippen molar-refractivity contribution in [2.75, 3.05) is 0 Å². The maximum absolute atomic E-state index is 11.6. The molecule has 1 aromatic carbocycles. The molecule has 0 aromatic heterocycles. The van der Waals surface area contributed by atoms with Gasteiger partial charge < -0.3 is 0 Å². The molecular weight excluding hydrogens is 264 g/mol. The zero-order valence-electron chi connectivity index (χ0n) is 10.4. The van der Waals surface area contributed by atoms with Gasteiger partial charge in [-0.1, -0.05) is 23.7 Å². The lowest BCUT2D eigenvalue weighted by atomic mass is 10.0. The Balaban J connectivity index is 1.94. The van der Waals surface area contributed by atoms with E-state index in [1.54, 1.807) is 5.01 Å². The Bertz CT molecular complexity index is 579. The van der Waals surface area contributed by atoms with Crippen LogP contribution in [0.25, 0.3) is 0 Å². The van der Waals surface area contributed by atoms with Crippen molar-refractivity contribution in [3.05, 3.63) is 34.9 Å². The first kappa shape index (κ1) is 12.2. The molecule has 1 unspecified atom stereocenters. The average molecular weight is 277 g/mol. The molecule has 1 aromatic rings. The van der Waals surface area contributed by atoms with E-state index in [2.05, 4.69) is 15.6 Å². The van der Waals surface area contributed by atoms with Gasteiger partial charge in [-0.2, -0.15) is 10.2 Å². The van der Waals surface area contributed by atoms with Crippen molar-refractivity contribution in [3.63, 3.8) is 0 Å². The fourth-order valence-corrected chi connectivity index (χ4v) is 2.29. The lowest BCUT2D eigenvalue weighted by molar-refractivity contribution is -0.125. The highest BCUT2D eigenvalue weighted by Gasteiger charge is 2.31. The maximum atomic E-state index is 11.6. The molecule has 2 heterocycles. The van der Waals surface area contributed by atoms with Crippen LogP contribution >= 0.6 is 11.6 Å². The molecule has 5 nitrogen and oxygen atoms in total. The van der Waals surface area contributed by atoms with Crippen molar-refractivity contribution in [2.24, 2.45) is 10.2 Å². The number of carbonyl (C=O) groups excluding carboxylic acids is 1. The molecule has 1 atom stereocenters. The van der Waals surface area contributed by atoms with Crippen LogP contribution in [0, 0.1) is 0 Å². The summed E-state index contributed by atoms with van der Waals surface area (Å²) >= 11 is 5.88. The number of hydrazone groups is 2. The van der Waals surface area contributed by atoms with Gasteiger partial charge in [0.1, 0.15) is 11.9 Å². The highest BCUT2D eigenvalue weighted by atomic mass is 35.5. The van der Waals surface area contributed by atoms with E-state index >= 15 is 0 Å². The van der Waals surface area contributed by atoms with Crippen LogP contribution in [-0.4, -0.2) is 28.5 Å². The highest BCUT2D eigenvalue weighted by Crippen LogP contribution is 2.21. The number of benzene rings is 1. The van der Waals surface area contributed by atoms with Crippen molar-refractivity contribution in [1.29, 1.82) is 0 Å². The third kappa shape index (κ3) is 2.21. The van der Waals surface area contributed by atoms with Crippen molar-refractivity contribution < 1.29 is 4.79 Å². The Morgan fingerprint density at radius 3 is 2.79 bits per heavy atom. The van der Waals surface area contributed by atoms with E-state index in [9.17, 15) is 4.79 Å². The summed E-state index contributed by atoms with van der Waals surface area (Å²) in [5.41, 5.74) is 4.50. The van der Waals surface area contributed by atoms with E-state index in [0.29, 0.717) is 5.02 Å². The van der Waals surface area contributed by atoms with Crippen LogP contribution in [-0.2, 0) is 4.79 Å². The minimum Gasteiger partial charge on any atom is -0.271 e. The summed E-state index contributed by atoms with van der Waals surface area (Å²) in [5, 5.41) is 11.0. The van der Waals surface area contributed by atoms with Crippen LogP contribution in [0.5, 0.6) is 0 Å². The van der Waals surface area contributed by atoms with Crippen LogP contribution in [0.1, 0.15) is 25.3 Å². The van der Waals surface area contributed by atoms with Gasteiger partial charge >= 0.3 is 0 Å².